The number of hydrogen-bond donors (Lipinski definition) is 1. The van der Waals surface area contributed by atoms with Crippen LogP contribution in [-0.4, -0.2) is 15.5 Å². The van der Waals surface area contributed by atoms with Gasteiger partial charge in [-0.05, 0) is 35.6 Å². The van der Waals surface area contributed by atoms with Gasteiger partial charge < -0.3 is 9.88 Å². The smallest absolute Gasteiger partial charge is 0.230 e. The van der Waals surface area contributed by atoms with Crippen LogP contribution >= 0.6 is 0 Å². The third kappa shape index (κ3) is 2.84. The summed E-state index contributed by atoms with van der Waals surface area (Å²) < 4.78 is 2.11. The Hall–Kier alpha value is -2.62. The highest BCUT2D eigenvalue weighted by molar-refractivity contribution is 5.95. The Balaban J connectivity index is 1.47. The number of carbonyl (C=O) groups excluding carboxylic acids is 1. The van der Waals surface area contributed by atoms with Crippen LogP contribution in [0.15, 0.2) is 55.0 Å². The summed E-state index contributed by atoms with van der Waals surface area (Å²) in [5.41, 5.74) is 1.04. The molecule has 1 saturated carbocycles. The lowest BCUT2D eigenvalue weighted by Crippen LogP contribution is -2.16. The first-order chi connectivity index (χ1) is 11.3. The maximum atomic E-state index is 12.3. The number of aromatic nitrogens is 2. The van der Waals surface area contributed by atoms with Gasteiger partial charge in [0, 0.05) is 12.2 Å². The summed E-state index contributed by atoms with van der Waals surface area (Å²) in [6, 6.07) is 14.8. The van der Waals surface area contributed by atoms with Crippen LogP contribution in [0.25, 0.3) is 10.8 Å². The molecule has 0 spiro atoms. The highest BCUT2D eigenvalue weighted by Gasteiger charge is 2.19. The minimum atomic E-state index is -0.0276. The number of benzene rings is 2. The van der Waals surface area contributed by atoms with Crippen molar-refractivity contribution in [3.8, 4) is 0 Å². The average Bonchev–Trinajstić information content (AvgIpc) is 2.93. The molecule has 0 radical (unpaired) electrons. The molecule has 1 aliphatic carbocycles. The van der Waals surface area contributed by atoms with Crippen molar-refractivity contribution < 1.29 is 4.79 Å². The zero-order valence-electron chi connectivity index (χ0n) is 12.9. The SMILES string of the molecule is O=C(Cc1cccc2ccccc12)Nc1cn(C2CCC2)cn1. The van der Waals surface area contributed by atoms with E-state index in [4.69, 9.17) is 0 Å². The van der Waals surface area contributed by atoms with Crippen LogP contribution in [0.4, 0.5) is 5.82 Å². The first kappa shape index (κ1) is 14.0. The molecule has 0 atom stereocenters. The van der Waals surface area contributed by atoms with Gasteiger partial charge in [0.2, 0.25) is 5.91 Å². The first-order valence-electron chi connectivity index (χ1n) is 8.09. The van der Waals surface area contributed by atoms with Gasteiger partial charge in [-0.25, -0.2) is 4.98 Å². The number of nitrogens with one attached hydrogen (secondary N) is 1. The summed E-state index contributed by atoms with van der Waals surface area (Å²) in [5, 5.41) is 5.20. The zero-order valence-corrected chi connectivity index (χ0v) is 12.9. The molecule has 1 N–H and O–H groups in total. The van der Waals surface area contributed by atoms with Gasteiger partial charge in [-0.2, -0.15) is 0 Å². The van der Waals surface area contributed by atoms with E-state index >= 15 is 0 Å². The van der Waals surface area contributed by atoms with E-state index in [-0.39, 0.29) is 5.91 Å². The number of anilines is 1. The Morgan fingerprint density at radius 1 is 1.17 bits per heavy atom. The number of carbonyl (C=O) groups is 1. The molecule has 4 nitrogen and oxygen atoms in total. The van der Waals surface area contributed by atoms with E-state index in [0.29, 0.717) is 18.3 Å². The van der Waals surface area contributed by atoms with Gasteiger partial charge in [0.15, 0.2) is 5.82 Å². The summed E-state index contributed by atoms with van der Waals surface area (Å²) in [4.78, 5) is 16.6. The Kier molecular flexibility index (Phi) is 3.58. The van der Waals surface area contributed by atoms with Crippen molar-refractivity contribution in [3.05, 3.63) is 60.6 Å². The van der Waals surface area contributed by atoms with Crippen molar-refractivity contribution in [2.75, 3.05) is 5.32 Å². The molecule has 0 aliphatic heterocycles. The molecule has 0 saturated heterocycles. The quantitative estimate of drug-likeness (QED) is 0.793. The molecule has 0 bridgehead atoms. The summed E-state index contributed by atoms with van der Waals surface area (Å²) in [7, 11) is 0. The predicted octanol–water partition coefficient (Wildman–Crippen LogP) is 3.94. The third-order valence-corrected chi connectivity index (χ3v) is 4.60. The minimum absolute atomic E-state index is 0.0276. The molecule has 1 fully saturated rings. The summed E-state index contributed by atoms with van der Waals surface area (Å²) in [6.45, 7) is 0. The number of nitrogens with zero attached hydrogens (tertiary/aromatic N) is 2. The molecular weight excluding hydrogens is 286 g/mol. The van der Waals surface area contributed by atoms with E-state index in [9.17, 15) is 4.79 Å². The van der Waals surface area contributed by atoms with Crippen LogP contribution in [0.1, 0.15) is 30.9 Å². The Labute approximate surface area is 135 Å². The van der Waals surface area contributed by atoms with E-state index in [0.717, 1.165) is 16.3 Å². The van der Waals surface area contributed by atoms with Crippen LogP contribution in [0.2, 0.25) is 0 Å². The molecule has 23 heavy (non-hydrogen) atoms. The maximum absolute atomic E-state index is 12.3. The van der Waals surface area contributed by atoms with Gasteiger partial charge in [0.25, 0.3) is 0 Å². The standard InChI is InChI=1S/C19H19N3O/c23-19(21-18-12-22(13-20-18)16-8-4-9-16)11-15-7-3-6-14-5-1-2-10-17(14)15/h1-3,5-7,10,12-13,16H,4,8-9,11H2,(H,21,23). The number of fused-ring (bicyclic) bond motifs is 1. The maximum Gasteiger partial charge on any atom is 0.230 e. The normalized spacial score (nSPS) is 14.6. The molecular formula is C19H19N3O. The molecule has 116 valence electrons. The molecule has 1 aromatic heterocycles. The van der Waals surface area contributed by atoms with Gasteiger partial charge in [-0.3, -0.25) is 4.79 Å². The molecule has 1 heterocycles. The lowest BCUT2D eigenvalue weighted by Gasteiger charge is -2.26. The van der Waals surface area contributed by atoms with Crippen LogP contribution in [-0.2, 0) is 11.2 Å². The second-order valence-electron chi connectivity index (χ2n) is 6.15. The lowest BCUT2D eigenvalue weighted by atomic mass is 9.93. The van der Waals surface area contributed by atoms with Crippen molar-refractivity contribution >= 4 is 22.5 Å². The Morgan fingerprint density at radius 2 is 2.00 bits per heavy atom. The molecule has 3 aromatic rings. The van der Waals surface area contributed by atoms with Gasteiger partial charge in [-0.1, -0.05) is 42.5 Å². The largest absolute Gasteiger partial charge is 0.332 e. The lowest BCUT2D eigenvalue weighted by molar-refractivity contribution is -0.115. The molecule has 1 aliphatic rings. The van der Waals surface area contributed by atoms with E-state index < -0.39 is 0 Å². The summed E-state index contributed by atoms with van der Waals surface area (Å²) in [6.07, 6.45) is 7.81. The number of imidazole rings is 1. The molecule has 2 aromatic carbocycles. The molecule has 0 unspecified atom stereocenters. The van der Waals surface area contributed by atoms with Crippen LogP contribution < -0.4 is 5.32 Å². The minimum Gasteiger partial charge on any atom is -0.332 e. The highest BCUT2D eigenvalue weighted by Crippen LogP contribution is 2.31. The van der Waals surface area contributed by atoms with Gasteiger partial charge >= 0.3 is 0 Å². The fraction of sp³-hybridized carbons (Fsp3) is 0.263. The topological polar surface area (TPSA) is 46.9 Å². The average molecular weight is 305 g/mol. The van der Waals surface area contributed by atoms with Crippen LogP contribution in [0.5, 0.6) is 0 Å². The zero-order chi connectivity index (χ0) is 15.6. The fourth-order valence-electron chi connectivity index (χ4n) is 3.09. The first-order valence-corrected chi connectivity index (χ1v) is 8.09. The van der Waals surface area contributed by atoms with Crippen molar-refractivity contribution in [2.45, 2.75) is 31.7 Å². The Morgan fingerprint density at radius 3 is 2.83 bits per heavy atom. The van der Waals surface area contributed by atoms with Gasteiger partial charge in [0.1, 0.15) is 0 Å². The monoisotopic (exact) mass is 305 g/mol. The molecule has 4 rings (SSSR count). The molecule has 4 heteroatoms. The van der Waals surface area contributed by atoms with Crippen molar-refractivity contribution in [1.82, 2.24) is 9.55 Å². The second-order valence-corrected chi connectivity index (χ2v) is 6.15. The third-order valence-electron chi connectivity index (χ3n) is 4.60. The van der Waals surface area contributed by atoms with Crippen LogP contribution in [0.3, 0.4) is 0 Å². The van der Waals surface area contributed by atoms with E-state index in [1.165, 1.54) is 19.3 Å². The number of rotatable bonds is 4. The Bertz CT molecular complexity index is 843. The summed E-state index contributed by atoms with van der Waals surface area (Å²) >= 11 is 0. The predicted molar refractivity (Wildman–Crippen MR) is 91.4 cm³/mol. The van der Waals surface area contributed by atoms with Crippen molar-refractivity contribution in [1.29, 1.82) is 0 Å². The van der Waals surface area contributed by atoms with E-state index in [1.54, 1.807) is 0 Å². The fourth-order valence-corrected chi connectivity index (χ4v) is 3.09. The highest BCUT2D eigenvalue weighted by atomic mass is 16.1. The molecule has 1 amide bonds. The second kappa shape index (κ2) is 5.88. The van der Waals surface area contributed by atoms with Gasteiger partial charge in [-0.15, -0.1) is 0 Å². The van der Waals surface area contributed by atoms with Crippen molar-refractivity contribution in [2.24, 2.45) is 0 Å². The van der Waals surface area contributed by atoms with Gasteiger partial charge in [0.05, 0.1) is 12.7 Å². The van der Waals surface area contributed by atoms with E-state index in [1.807, 2.05) is 36.8 Å². The van der Waals surface area contributed by atoms with Crippen molar-refractivity contribution in [3.63, 3.8) is 0 Å². The number of amides is 1. The summed E-state index contributed by atoms with van der Waals surface area (Å²) in [5.74, 6) is 0.613. The van der Waals surface area contributed by atoms with E-state index in [2.05, 4.69) is 33.1 Å². The number of hydrogen-bond acceptors (Lipinski definition) is 2. The van der Waals surface area contributed by atoms with Crippen LogP contribution in [0, 0.1) is 0 Å².